The number of hydrogen-bond donors (Lipinski definition) is 1. The summed E-state index contributed by atoms with van der Waals surface area (Å²) >= 11 is 5.33. The summed E-state index contributed by atoms with van der Waals surface area (Å²) in [4.78, 5) is 13.3. The first-order chi connectivity index (χ1) is 10.8. The highest BCUT2D eigenvalue weighted by Crippen LogP contribution is 2.31. The van der Waals surface area contributed by atoms with Crippen LogP contribution in [0.5, 0.6) is 0 Å². The topological polar surface area (TPSA) is 38.3 Å². The normalized spacial score (nSPS) is 21.7. The molecule has 0 aliphatic heterocycles. The molecular formula is C18H26BrNO2S. The molecule has 1 unspecified atom stereocenters. The second-order valence-corrected chi connectivity index (χ2v) is 9.07. The highest BCUT2D eigenvalue weighted by Gasteiger charge is 2.28. The van der Waals surface area contributed by atoms with Gasteiger partial charge < -0.3 is 10.1 Å². The zero-order chi connectivity index (χ0) is 16.9. The number of thioether (sulfide) groups is 1. The Kier molecular flexibility index (Phi) is 6.84. The lowest BCUT2D eigenvalue weighted by Gasteiger charge is -2.32. The van der Waals surface area contributed by atoms with Crippen LogP contribution in [-0.2, 0) is 4.74 Å². The van der Waals surface area contributed by atoms with Gasteiger partial charge in [0.2, 0.25) is 0 Å². The molecule has 1 aliphatic rings. The zero-order valence-electron chi connectivity index (χ0n) is 14.1. The number of nitrogens with one attached hydrogen (secondary N) is 1. The lowest BCUT2D eigenvalue weighted by atomic mass is 9.86. The lowest BCUT2D eigenvalue weighted by molar-refractivity contribution is 0.0474. The highest BCUT2D eigenvalue weighted by atomic mass is 79.9. The Bertz CT molecular complexity index is 513. The quantitative estimate of drug-likeness (QED) is 0.667. The van der Waals surface area contributed by atoms with Crippen LogP contribution in [0.4, 0.5) is 4.79 Å². The van der Waals surface area contributed by atoms with Gasteiger partial charge in [-0.15, -0.1) is 11.8 Å². The SMILES string of the molecule is CC(C)(C)OC(=O)NC1CCCC[C@H]1CSc1ccc(Br)cc1. The maximum Gasteiger partial charge on any atom is 0.407 e. The molecule has 0 saturated heterocycles. The largest absolute Gasteiger partial charge is 0.444 e. The molecule has 0 bridgehead atoms. The van der Waals surface area contributed by atoms with Crippen LogP contribution in [0, 0.1) is 5.92 Å². The van der Waals surface area contributed by atoms with Crippen LogP contribution in [0.2, 0.25) is 0 Å². The van der Waals surface area contributed by atoms with Crippen molar-refractivity contribution >= 4 is 33.8 Å². The Morgan fingerprint density at radius 3 is 2.57 bits per heavy atom. The van der Waals surface area contributed by atoms with Crippen molar-refractivity contribution in [1.29, 1.82) is 0 Å². The van der Waals surface area contributed by atoms with E-state index < -0.39 is 5.60 Å². The number of benzene rings is 1. The van der Waals surface area contributed by atoms with E-state index in [0.29, 0.717) is 5.92 Å². The predicted molar refractivity (Wildman–Crippen MR) is 100.0 cm³/mol. The van der Waals surface area contributed by atoms with Gasteiger partial charge in [0.15, 0.2) is 0 Å². The number of carbonyl (C=O) groups is 1. The van der Waals surface area contributed by atoms with Crippen LogP contribution >= 0.6 is 27.7 Å². The van der Waals surface area contributed by atoms with Crippen LogP contribution in [0.25, 0.3) is 0 Å². The molecule has 1 N–H and O–H groups in total. The van der Waals surface area contributed by atoms with Crippen LogP contribution in [-0.4, -0.2) is 23.5 Å². The molecule has 1 fully saturated rings. The molecule has 0 radical (unpaired) electrons. The van der Waals surface area contributed by atoms with Crippen molar-refractivity contribution < 1.29 is 9.53 Å². The van der Waals surface area contributed by atoms with Gasteiger partial charge in [0.1, 0.15) is 5.60 Å². The molecule has 1 saturated carbocycles. The number of carbonyl (C=O) groups excluding carboxylic acids is 1. The van der Waals surface area contributed by atoms with Crippen molar-refractivity contribution in [2.24, 2.45) is 5.92 Å². The summed E-state index contributed by atoms with van der Waals surface area (Å²) in [5, 5.41) is 3.09. The van der Waals surface area contributed by atoms with Crippen molar-refractivity contribution in [1.82, 2.24) is 5.32 Å². The summed E-state index contributed by atoms with van der Waals surface area (Å²) < 4.78 is 6.50. The molecule has 1 aromatic carbocycles. The first kappa shape index (κ1) is 18.7. The Hall–Kier alpha value is -0.680. The van der Waals surface area contributed by atoms with Crippen molar-refractivity contribution in [2.75, 3.05) is 5.75 Å². The van der Waals surface area contributed by atoms with Crippen molar-refractivity contribution in [3.63, 3.8) is 0 Å². The molecule has 0 aromatic heterocycles. The fraction of sp³-hybridized carbons (Fsp3) is 0.611. The molecule has 2 atom stereocenters. The number of rotatable bonds is 4. The summed E-state index contributed by atoms with van der Waals surface area (Å²) in [7, 11) is 0. The van der Waals surface area contributed by atoms with Gasteiger partial charge in [0.05, 0.1) is 0 Å². The molecule has 2 rings (SSSR count). The smallest absolute Gasteiger partial charge is 0.407 e. The number of ether oxygens (including phenoxy) is 1. The molecule has 0 heterocycles. The summed E-state index contributed by atoms with van der Waals surface area (Å²) in [6.45, 7) is 5.69. The van der Waals surface area contributed by atoms with Crippen LogP contribution in [0.3, 0.4) is 0 Å². The third-order valence-corrected chi connectivity index (χ3v) is 5.62. The molecule has 3 nitrogen and oxygen atoms in total. The third-order valence-electron chi connectivity index (χ3n) is 3.89. The van der Waals surface area contributed by atoms with E-state index in [1.165, 1.54) is 24.2 Å². The first-order valence-corrected chi connectivity index (χ1v) is 9.99. The van der Waals surface area contributed by atoms with E-state index in [4.69, 9.17) is 4.74 Å². The summed E-state index contributed by atoms with van der Waals surface area (Å²) in [5.41, 5.74) is -0.444. The van der Waals surface area contributed by atoms with Crippen molar-refractivity contribution in [3.8, 4) is 0 Å². The van der Waals surface area contributed by atoms with E-state index >= 15 is 0 Å². The van der Waals surface area contributed by atoms with E-state index in [-0.39, 0.29) is 12.1 Å². The second kappa shape index (κ2) is 8.43. The number of alkyl carbamates (subject to hydrolysis) is 1. The van der Waals surface area contributed by atoms with Gasteiger partial charge in [-0.25, -0.2) is 4.79 Å². The van der Waals surface area contributed by atoms with E-state index in [2.05, 4.69) is 45.5 Å². The van der Waals surface area contributed by atoms with E-state index in [0.717, 1.165) is 16.6 Å². The highest BCUT2D eigenvalue weighted by molar-refractivity contribution is 9.10. The molecule has 1 aliphatic carbocycles. The standard InChI is InChI=1S/C18H26BrNO2S/c1-18(2,3)22-17(21)20-16-7-5-4-6-13(16)12-23-15-10-8-14(19)9-11-15/h8-11,13,16H,4-7,12H2,1-3H3,(H,20,21)/t13-,16?/m0/s1. The molecule has 1 aromatic rings. The monoisotopic (exact) mass is 399 g/mol. The number of amides is 1. The Labute approximate surface area is 152 Å². The number of halogens is 1. The maximum absolute atomic E-state index is 12.0. The molecule has 5 heteroatoms. The van der Waals surface area contributed by atoms with Gasteiger partial charge in [-0.05, 0) is 63.8 Å². The minimum Gasteiger partial charge on any atom is -0.444 e. The molecule has 0 spiro atoms. The Morgan fingerprint density at radius 2 is 1.91 bits per heavy atom. The van der Waals surface area contributed by atoms with Gasteiger partial charge in [0.25, 0.3) is 0 Å². The minimum atomic E-state index is -0.444. The first-order valence-electron chi connectivity index (χ1n) is 8.21. The molecule has 128 valence electrons. The Morgan fingerprint density at radius 1 is 1.26 bits per heavy atom. The van der Waals surface area contributed by atoms with Gasteiger partial charge in [0, 0.05) is 21.2 Å². The second-order valence-electron chi connectivity index (χ2n) is 7.06. The number of hydrogen-bond acceptors (Lipinski definition) is 3. The van der Waals surface area contributed by atoms with E-state index in [9.17, 15) is 4.79 Å². The lowest BCUT2D eigenvalue weighted by Crippen LogP contribution is -2.45. The Balaban J connectivity index is 1.87. The van der Waals surface area contributed by atoms with E-state index in [1.807, 2.05) is 32.5 Å². The molecule has 1 amide bonds. The molecular weight excluding hydrogens is 374 g/mol. The fourth-order valence-corrected chi connectivity index (χ4v) is 4.19. The van der Waals surface area contributed by atoms with Gasteiger partial charge in [-0.1, -0.05) is 28.8 Å². The fourth-order valence-electron chi connectivity index (χ4n) is 2.79. The minimum absolute atomic E-state index is 0.224. The van der Waals surface area contributed by atoms with Crippen molar-refractivity contribution in [3.05, 3.63) is 28.7 Å². The predicted octanol–water partition coefficient (Wildman–Crippen LogP) is 5.62. The maximum atomic E-state index is 12.0. The average molecular weight is 400 g/mol. The molecule has 23 heavy (non-hydrogen) atoms. The average Bonchev–Trinajstić information content (AvgIpc) is 2.46. The zero-order valence-corrected chi connectivity index (χ0v) is 16.5. The van der Waals surface area contributed by atoms with Gasteiger partial charge in [-0.3, -0.25) is 0 Å². The van der Waals surface area contributed by atoms with Gasteiger partial charge >= 0.3 is 6.09 Å². The van der Waals surface area contributed by atoms with Gasteiger partial charge in [-0.2, -0.15) is 0 Å². The summed E-state index contributed by atoms with van der Waals surface area (Å²) in [6, 6.07) is 8.63. The van der Waals surface area contributed by atoms with Crippen LogP contribution in [0.15, 0.2) is 33.6 Å². The van der Waals surface area contributed by atoms with Crippen LogP contribution in [0.1, 0.15) is 46.5 Å². The van der Waals surface area contributed by atoms with E-state index in [1.54, 1.807) is 0 Å². The van der Waals surface area contributed by atoms with Crippen LogP contribution < -0.4 is 5.32 Å². The van der Waals surface area contributed by atoms with Crippen molar-refractivity contribution in [2.45, 2.75) is 63.0 Å². The third kappa shape index (κ3) is 6.76. The summed E-state index contributed by atoms with van der Waals surface area (Å²) in [5.74, 6) is 1.53. The summed E-state index contributed by atoms with van der Waals surface area (Å²) in [6.07, 6.45) is 4.36.